The highest BCUT2D eigenvalue weighted by Gasteiger charge is 2.56. The number of carbonyl (C=O) groups is 4. The number of carbonyl (C=O) groups excluding carboxylic acids is 4. The first-order chi connectivity index (χ1) is 18.7. The summed E-state index contributed by atoms with van der Waals surface area (Å²) in [6.07, 6.45) is 3.92. The quantitative estimate of drug-likeness (QED) is 0.354. The highest BCUT2D eigenvalue weighted by molar-refractivity contribution is 6.23. The highest BCUT2D eigenvalue weighted by Crippen LogP contribution is 2.56. The van der Waals surface area contributed by atoms with Gasteiger partial charge in [0.2, 0.25) is 11.8 Å². The van der Waals surface area contributed by atoms with E-state index in [1.165, 1.54) is 23.1 Å². The summed E-state index contributed by atoms with van der Waals surface area (Å²) < 4.78 is 14.5. The number of Topliss-reactive ketones (excluding diaryl/α,β-unsaturated/α-hetero) is 1. The van der Waals surface area contributed by atoms with Crippen LogP contribution in [0, 0.1) is 23.6 Å². The van der Waals surface area contributed by atoms with Crippen molar-refractivity contribution in [3.63, 3.8) is 0 Å². The number of amides is 2. The Balaban J connectivity index is 1.39. The van der Waals surface area contributed by atoms with Gasteiger partial charge in [0, 0.05) is 34.7 Å². The normalized spacial score (nSPS) is 26.3. The van der Waals surface area contributed by atoms with Crippen molar-refractivity contribution in [1.82, 2.24) is 4.90 Å². The molecular weight excluding hydrogens is 501 g/mol. The summed E-state index contributed by atoms with van der Waals surface area (Å²) in [5.41, 5.74) is 2.43. The predicted molar refractivity (Wildman–Crippen MR) is 138 cm³/mol. The Hall–Kier alpha value is -4.33. The molecule has 2 N–H and O–H groups in total. The van der Waals surface area contributed by atoms with E-state index in [0.717, 1.165) is 11.6 Å². The van der Waals surface area contributed by atoms with Gasteiger partial charge in [0.05, 0.1) is 11.8 Å². The largest absolute Gasteiger partial charge is 0.508 e. The van der Waals surface area contributed by atoms with Gasteiger partial charge in [-0.1, -0.05) is 35.9 Å². The van der Waals surface area contributed by atoms with Crippen LogP contribution in [0.3, 0.4) is 0 Å². The SMILES string of the molecule is CC1=CC(=O)C2=C(C[C@@H]3C(=CC[C@@H]4C(=O)N(CCc5ccc(O)cc5)C(=O)[C@@H]43)[C@@H]2c2cccc(F)c2O)C1=O. The lowest BCUT2D eigenvalue weighted by Gasteiger charge is -2.42. The van der Waals surface area contributed by atoms with Gasteiger partial charge in [-0.05, 0) is 61.9 Å². The van der Waals surface area contributed by atoms with Crippen LogP contribution in [0.25, 0.3) is 0 Å². The summed E-state index contributed by atoms with van der Waals surface area (Å²) in [6.45, 7) is 1.74. The van der Waals surface area contributed by atoms with Gasteiger partial charge in [0.25, 0.3) is 0 Å². The van der Waals surface area contributed by atoms with Crippen LogP contribution < -0.4 is 0 Å². The molecule has 1 saturated heterocycles. The van der Waals surface area contributed by atoms with Gasteiger partial charge in [-0.15, -0.1) is 0 Å². The fraction of sp³-hybridized carbons (Fsp3) is 0.290. The number of hydrogen-bond donors (Lipinski definition) is 2. The minimum atomic E-state index is -0.898. The van der Waals surface area contributed by atoms with Crippen LogP contribution in [-0.4, -0.2) is 45.0 Å². The Bertz CT molecular complexity index is 1550. The molecule has 1 fully saturated rings. The summed E-state index contributed by atoms with van der Waals surface area (Å²) in [5.74, 6) is -5.37. The summed E-state index contributed by atoms with van der Waals surface area (Å²) >= 11 is 0. The molecule has 2 aromatic carbocycles. The van der Waals surface area contributed by atoms with Crippen molar-refractivity contribution in [3.05, 3.63) is 93.9 Å². The molecule has 39 heavy (non-hydrogen) atoms. The third-order valence-electron chi connectivity index (χ3n) is 8.54. The number of imide groups is 1. The number of nitrogens with zero attached hydrogens (tertiary/aromatic N) is 1. The monoisotopic (exact) mass is 527 g/mol. The van der Waals surface area contributed by atoms with Gasteiger partial charge in [-0.3, -0.25) is 24.1 Å². The molecule has 3 aliphatic carbocycles. The maximum Gasteiger partial charge on any atom is 0.233 e. The van der Waals surface area contributed by atoms with E-state index in [0.29, 0.717) is 12.0 Å². The fourth-order valence-electron chi connectivity index (χ4n) is 6.69. The number of benzene rings is 2. The van der Waals surface area contributed by atoms with E-state index in [1.807, 2.05) is 6.08 Å². The third kappa shape index (κ3) is 3.85. The van der Waals surface area contributed by atoms with Gasteiger partial charge in [0.1, 0.15) is 5.75 Å². The minimum Gasteiger partial charge on any atom is -0.508 e. The summed E-state index contributed by atoms with van der Waals surface area (Å²) in [5, 5.41) is 20.2. The number of halogens is 1. The smallest absolute Gasteiger partial charge is 0.233 e. The average Bonchev–Trinajstić information content (AvgIpc) is 3.16. The van der Waals surface area contributed by atoms with Crippen LogP contribution in [0.4, 0.5) is 4.39 Å². The molecule has 2 amide bonds. The number of phenols is 2. The van der Waals surface area contributed by atoms with E-state index in [4.69, 9.17) is 0 Å². The first-order valence-corrected chi connectivity index (χ1v) is 13.0. The summed E-state index contributed by atoms with van der Waals surface area (Å²) in [4.78, 5) is 55.0. The van der Waals surface area contributed by atoms with E-state index < -0.39 is 35.2 Å². The molecule has 8 heteroatoms. The second-order valence-corrected chi connectivity index (χ2v) is 10.7. The van der Waals surface area contributed by atoms with Crippen molar-refractivity contribution in [3.8, 4) is 11.5 Å². The topological polar surface area (TPSA) is 112 Å². The van der Waals surface area contributed by atoms with Crippen LogP contribution >= 0.6 is 0 Å². The van der Waals surface area contributed by atoms with Crippen molar-refractivity contribution < 1.29 is 33.8 Å². The molecule has 4 aliphatic rings. The number of allylic oxidation sites excluding steroid dienone is 6. The van der Waals surface area contributed by atoms with Crippen LogP contribution in [0.1, 0.15) is 36.8 Å². The zero-order chi connectivity index (χ0) is 27.6. The zero-order valence-electron chi connectivity index (χ0n) is 21.2. The molecule has 198 valence electrons. The third-order valence-corrected chi connectivity index (χ3v) is 8.54. The minimum absolute atomic E-state index is 0.121. The number of hydrogen-bond acceptors (Lipinski definition) is 6. The fourth-order valence-corrected chi connectivity index (χ4v) is 6.69. The second kappa shape index (κ2) is 9.15. The summed E-state index contributed by atoms with van der Waals surface area (Å²) in [7, 11) is 0. The average molecular weight is 528 g/mol. The zero-order valence-corrected chi connectivity index (χ0v) is 21.2. The van der Waals surface area contributed by atoms with E-state index in [9.17, 15) is 33.8 Å². The predicted octanol–water partition coefficient (Wildman–Crippen LogP) is 3.91. The number of likely N-dealkylation sites (tertiary alicyclic amines) is 1. The van der Waals surface area contributed by atoms with Crippen LogP contribution in [0.15, 0.2) is 76.9 Å². The van der Waals surface area contributed by atoms with Crippen molar-refractivity contribution >= 4 is 23.4 Å². The lowest BCUT2D eigenvalue weighted by molar-refractivity contribution is -0.140. The van der Waals surface area contributed by atoms with Crippen LogP contribution in [-0.2, 0) is 25.6 Å². The molecule has 1 aliphatic heterocycles. The lowest BCUT2D eigenvalue weighted by atomic mass is 9.59. The number of para-hydroxylation sites is 1. The molecule has 7 nitrogen and oxygen atoms in total. The number of ketones is 2. The van der Waals surface area contributed by atoms with E-state index in [2.05, 4.69) is 0 Å². The maximum absolute atomic E-state index is 14.5. The molecule has 0 bridgehead atoms. The van der Waals surface area contributed by atoms with Crippen molar-refractivity contribution in [1.29, 1.82) is 0 Å². The van der Waals surface area contributed by atoms with E-state index >= 15 is 0 Å². The highest BCUT2D eigenvalue weighted by atomic mass is 19.1. The maximum atomic E-state index is 14.5. The van der Waals surface area contributed by atoms with Gasteiger partial charge in [-0.25, -0.2) is 4.39 Å². The van der Waals surface area contributed by atoms with Crippen molar-refractivity contribution in [2.24, 2.45) is 17.8 Å². The van der Waals surface area contributed by atoms with Crippen LogP contribution in [0.2, 0.25) is 0 Å². The first-order valence-electron chi connectivity index (χ1n) is 13.0. The molecule has 6 rings (SSSR count). The Morgan fingerprint density at radius 1 is 0.974 bits per heavy atom. The molecular formula is C31H26FNO6. The molecule has 0 spiro atoms. The lowest BCUT2D eigenvalue weighted by Crippen LogP contribution is -2.40. The number of aromatic hydroxyl groups is 2. The molecule has 0 unspecified atom stereocenters. The number of phenolic OH excluding ortho intramolecular Hbond substituents is 2. The second-order valence-electron chi connectivity index (χ2n) is 10.7. The Kier molecular flexibility index (Phi) is 5.86. The van der Waals surface area contributed by atoms with Gasteiger partial charge < -0.3 is 10.2 Å². The molecule has 0 aromatic heterocycles. The van der Waals surface area contributed by atoms with Crippen molar-refractivity contribution in [2.75, 3.05) is 6.54 Å². The van der Waals surface area contributed by atoms with Gasteiger partial charge in [0.15, 0.2) is 23.1 Å². The van der Waals surface area contributed by atoms with Gasteiger partial charge in [-0.2, -0.15) is 0 Å². The summed E-state index contributed by atoms with van der Waals surface area (Å²) in [6, 6.07) is 10.6. The number of rotatable bonds is 4. The Labute approximate surface area is 223 Å². The van der Waals surface area contributed by atoms with E-state index in [1.54, 1.807) is 31.2 Å². The van der Waals surface area contributed by atoms with Crippen LogP contribution in [0.5, 0.6) is 11.5 Å². The Morgan fingerprint density at radius 2 is 1.72 bits per heavy atom. The van der Waals surface area contributed by atoms with E-state index in [-0.39, 0.29) is 70.8 Å². The van der Waals surface area contributed by atoms with Gasteiger partial charge >= 0.3 is 0 Å². The Morgan fingerprint density at radius 3 is 2.46 bits per heavy atom. The molecule has 0 saturated carbocycles. The van der Waals surface area contributed by atoms with Crippen molar-refractivity contribution in [2.45, 2.75) is 32.1 Å². The first kappa shape index (κ1) is 25.0. The molecule has 1 heterocycles. The molecule has 0 radical (unpaired) electrons. The molecule has 2 aromatic rings. The standard InChI is InChI=1S/C31H26FNO6/c1-15-13-24(35)27-22(28(15)36)14-21-18(25(27)19-3-2-4-23(32)29(19)37)9-10-20-26(21)31(39)33(30(20)38)12-11-16-5-7-17(34)8-6-16/h2-9,13,20-21,25-26,34,37H,10-12,14H2,1H3/t20-,21+,25+,26-/m0/s1. The molecule has 4 atom stereocenters. The number of fused-ring (bicyclic) bond motifs is 3.